The lowest BCUT2D eigenvalue weighted by atomic mass is 10.2. The van der Waals surface area contributed by atoms with Crippen molar-refractivity contribution in [2.24, 2.45) is 4.99 Å². The summed E-state index contributed by atoms with van der Waals surface area (Å²) in [7, 11) is 1.72. The molecular formula is C21H30F3IN6O. The van der Waals surface area contributed by atoms with Crippen LogP contribution in [0.2, 0.25) is 0 Å². The maximum Gasteiger partial charge on any atom is 0.417 e. The molecule has 11 heteroatoms. The highest BCUT2D eigenvalue weighted by Gasteiger charge is 2.30. The minimum Gasteiger partial charge on any atom is -0.468 e. The highest BCUT2D eigenvalue weighted by molar-refractivity contribution is 14.0. The zero-order valence-electron chi connectivity index (χ0n) is 18.0. The molecule has 2 aromatic heterocycles. The number of alkyl halides is 3. The van der Waals surface area contributed by atoms with Gasteiger partial charge in [0, 0.05) is 32.9 Å². The second kappa shape index (κ2) is 12.9. The largest absolute Gasteiger partial charge is 0.468 e. The Morgan fingerprint density at radius 2 is 1.97 bits per heavy atom. The van der Waals surface area contributed by atoms with E-state index in [1.165, 1.54) is 18.9 Å². The van der Waals surface area contributed by atoms with Crippen molar-refractivity contribution < 1.29 is 17.6 Å². The first-order chi connectivity index (χ1) is 15.0. The average molecular weight is 566 g/mol. The van der Waals surface area contributed by atoms with Gasteiger partial charge in [-0.2, -0.15) is 13.2 Å². The van der Waals surface area contributed by atoms with Gasteiger partial charge in [0.05, 0.1) is 17.9 Å². The number of anilines is 1. The van der Waals surface area contributed by atoms with E-state index in [-0.39, 0.29) is 30.0 Å². The van der Waals surface area contributed by atoms with Gasteiger partial charge in [0.2, 0.25) is 0 Å². The molecule has 3 heterocycles. The molecule has 0 bridgehead atoms. The molecular weight excluding hydrogens is 536 g/mol. The molecule has 178 valence electrons. The summed E-state index contributed by atoms with van der Waals surface area (Å²) in [6.45, 7) is 4.03. The lowest BCUT2D eigenvalue weighted by Gasteiger charge is -2.26. The van der Waals surface area contributed by atoms with Crippen LogP contribution in [0.1, 0.15) is 36.6 Å². The van der Waals surface area contributed by atoms with E-state index in [0.29, 0.717) is 31.4 Å². The van der Waals surface area contributed by atoms with E-state index in [1.54, 1.807) is 13.3 Å². The van der Waals surface area contributed by atoms with Gasteiger partial charge in [-0.3, -0.25) is 9.89 Å². The molecule has 32 heavy (non-hydrogen) atoms. The second-order valence-electron chi connectivity index (χ2n) is 7.36. The zero-order chi connectivity index (χ0) is 22.1. The molecule has 3 N–H and O–H groups in total. The van der Waals surface area contributed by atoms with Crippen LogP contribution >= 0.6 is 24.0 Å². The Balaban J connectivity index is 0.00000363. The Labute approximate surface area is 203 Å². The first-order valence-corrected chi connectivity index (χ1v) is 10.5. The van der Waals surface area contributed by atoms with E-state index in [2.05, 4.69) is 30.8 Å². The van der Waals surface area contributed by atoms with E-state index >= 15 is 0 Å². The smallest absolute Gasteiger partial charge is 0.417 e. The Morgan fingerprint density at radius 1 is 1.19 bits per heavy atom. The Morgan fingerprint density at radius 3 is 2.56 bits per heavy atom. The summed E-state index contributed by atoms with van der Waals surface area (Å²) in [4.78, 5) is 10.5. The molecule has 7 nitrogen and oxygen atoms in total. The summed E-state index contributed by atoms with van der Waals surface area (Å²) in [6, 6.07) is 6.42. The van der Waals surface area contributed by atoms with Crippen LogP contribution in [-0.4, -0.2) is 55.6 Å². The van der Waals surface area contributed by atoms with E-state index in [4.69, 9.17) is 4.42 Å². The molecule has 0 amide bonds. The third kappa shape index (κ3) is 7.84. The topological polar surface area (TPSA) is 77.7 Å². The van der Waals surface area contributed by atoms with Crippen LogP contribution in [0.3, 0.4) is 0 Å². The van der Waals surface area contributed by atoms with Crippen molar-refractivity contribution >= 4 is 35.8 Å². The summed E-state index contributed by atoms with van der Waals surface area (Å²) in [6.07, 6.45) is 1.31. The van der Waals surface area contributed by atoms with E-state index < -0.39 is 11.7 Å². The minimum absolute atomic E-state index is 0. The summed E-state index contributed by atoms with van der Waals surface area (Å²) >= 11 is 0. The van der Waals surface area contributed by atoms with Gasteiger partial charge in [-0.05, 0) is 56.6 Å². The number of rotatable bonds is 9. The quantitative estimate of drug-likeness (QED) is 0.184. The van der Waals surface area contributed by atoms with E-state index in [0.717, 1.165) is 37.5 Å². The van der Waals surface area contributed by atoms with Crippen LogP contribution < -0.4 is 16.0 Å². The van der Waals surface area contributed by atoms with Crippen molar-refractivity contribution in [2.75, 3.05) is 45.1 Å². The fraction of sp³-hybridized carbons (Fsp3) is 0.524. The SMILES string of the molecule is CN=C(NCCCNc1ccc(C(F)(F)F)cn1)NCC(c1ccco1)N1CCCC1.I. The minimum atomic E-state index is -4.37. The Kier molecular flexibility index (Phi) is 10.6. The summed E-state index contributed by atoms with van der Waals surface area (Å²) in [5, 5.41) is 9.64. The van der Waals surface area contributed by atoms with Gasteiger partial charge in [0.15, 0.2) is 5.96 Å². The molecule has 0 aromatic carbocycles. The zero-order valence-corrected chi connectivity index (χ0v) is 20.3. The first kappa shape index (κ1) is 26.2. The lowest BCUT2D eigenvalue weighted by molar-refractivity contribution is -0.137. The molecule has 1 atom stereocenters. The summed E-state index contributed by atoms with van der Waals surface area (Å²) < 4.78 is 43.3. The number of aliphatic imine (C=N–C) groups is 1. The molecule has 1 aliphatic heterocycles. The summed E-state index contributed by atoms with van der Waals surface area (Å²) in [5.41, 5.74) is -0.753. The summed E-state index contributed by atoms with van der Waals surface area (Å²) in [5.74, 6) is 2.06. The molecule has 1 aliphatic rings. The number of aromatic nitrogens is 1. The number of nitrogens with one attached hydrogen (secondary N) is 3. The third-order valence-corrected chi connectivity index (χ3v) is 5.18. The predicted octanol–water partition coefficient (Wildman–Crippen LogP) is 4.12. The van der Waals surface area contributed by atoms with Gasteiger partial charge < -0.3 is 20.4 Å². The maximum atomic E-state index is 12.6. The Bertz CT molecular complexity index is 808. The normalized spacial score (nSPS) is 15.8. The molecule has 1 saturated heterocycles. The van der Waals surface area contributed by atoms with Crippen LogP contribution in [0.15, 0.2) is 46.1 Å². The highest BCUT2D eigenvalue weighted by Crippen LogP contribution is 2.28. The van der Waals surface area contributed by atoms with Crippen molar-refractivity contribution in [3.05, 3.63) is 48.0 Å². The molecule has 0 saturated carbocycles. The van der Waals surface area contributed by atoms with E-state index in [1.807, 2.05) is 12.1 Å². The fourth-order valence-electron chi connectivity index (χ4n) is 3.54. The van der Waals surface area contributed by atoms with Crippen LogP contribution in [0, 0.1) is 0 Å². The van der Waals surface area contributed by atoms with Crippen LogP contribution in [-0.2, 0) is 6.18 Å². The number of hydrogen-bond donors (Lipinski definition) is 3. The second-order valence-corrected chi connectivity index (χ2v) is 7.36. The molecule has 0 aliphatic carbocycles. The monoisotopic (exact) mass is 566 g/mol. The maximum absolute atomic E-state index is 12.6. The number of hydrogen-bond acceptors (Lipinski definition) is 5. The molecule has 3 rings (SSSR count). The molecule has 2 aromatic rings. The average Bonchev–Trinajstić information content (AvgIpc) is 3.47. The van der Waals surface area contributed by atoms with Gasteiger partial charge in [0.25, 0.3) is 0 Å². The van der Waals surface area contributed by atoms with Crippen LogP contribution in [0.4, 0.5) is 19.0 Å². The predicted molar refractivity (Wildman–Crippen MR) is 129 cm³/mol. The van der Waals surface area contributed by atoms with Crippen LogP contribution in [0.25, 0.3) is 0 Å². The number of pyridine rings is 1. The van der Waals surface area contributed by atoms with Gasteiger partial charge in [-0.25, -0.2) is 4.98 Å². The van der Waals surface area contributed by atoms with Gasteiger partial charge in [-0.15, -0.1) is 24.0 Å². The van der Waals surface area contributed by atoms with Crippen molar-refractivity contribution in [1.29, 1.82) is 0 Å². The number of guanidine groups is 1. The Hall–Kier alpha value is -2.02. The number of halogens is 4. The molecule has 1 unspecified atom stereocenters. The van der Waals surface area contributed by atoms with Gasteiger partial charge in [0.1, 0.15) is 11.6 Å². The molecule has 0 radical (unpaired) electrons. The van der Waals surface area contributed by atoms with Crippen LogP contribution in [0.5, 0.6) is 0 Å². The van der Waals surface area contributed by atoms with Crippen molar-refractivity contribution in [2.45, 2.75) is 31.5 Å². The highest BCUT2D eigenvalue weighted by atomic mass is 127. The standard InChI is InChI=1S/C21H29F3N6O.HI/c1-25-20(29-15-17(18-6-4-13-31-18)30-11-2-3-12-30)27-10-5-9-26-19-8-7-16(14-28-19)21(22,23)24;/h4,6-8,13-14,17H,2-3,5,9-12,15H2,1H3,(H,26,28)(H2,25,27,29);1H. The third-order valence-electron chi connectivity index (χ3n) is 5.18. The van der Waals surface area contributed by atoms with Gasteiger partial charge in [-0.1, -0.05) is 0 Å². The fourth-order valence-corrected chi connectivity index (χ4v) is 3.54. The van der Waals surface area contributed by atoms with Crippen molar-refractivity contribution in [1.82, 2.24) is 20.5 Å². The number of nitrogens with zero attached hydrogens (tertiary/aromatic N) is 3. The van der Waals surface area contributed by atoms with Gasteiger partial charge >= 0.3 is 6.18 Å². The number of furan rings is 1. The molecule has 0 spiro atoms. The van der Waals surface area contributed by atoms with Crippen molar-refractivity contribution in [3.63, 3.8) is 0 Å². The van der Waals surface area contributed by atoms with Crippen molar-refractivity contribution in [3.8, 4) is 0 Å². The number of likely N-dealkylation sites (tertiary alicyclic amines) is 1. The molecule has 1 fully saturated rings. The van der Waals surface area contributed by atoms with E-state index in [9.17, 15) is 13.2 Å². The first-order valence-electron chi connectivity index (χ1n) is 10.5. The lowest BCUT2D eigenvalue weighted by Crippen LogP contribution is -2.43.